The Bertz CT molecular complexity index is 1360. The molecule has 43 heavy (non-hydrogen) atoms. The maximum Gasteiger partial charge on any atom is 0.229 e. The first-order valence-corrected chi connectivity index (χ1v) is 14.5. The van der Waals surface area contributed by atoms with Gasteiger partial charge >= 0.3 is 0 Å². The molecule has 234 valence electrons. The number of ether oxygens (including phenoxy) is 1. The third kappa shape index (κ3) is 11.9. The highest BCUT2D eigenvalue weighted by atomic mass is 19.1. The lowest BCUT2D eigenvalue weighted by molar-refractivity contribution is 0.00843. The van der Waals surface area contributed by atoms with Crippen LogP contribution in [0.5, 0.6) is 0 Å². The molecule has 1 aromatic heterocycles. The maximum atomic E-state index is 14.4. The average Bonchev–Trinajstić information content (AvgIpc) is 2.90. The molecule has 10 heteroatoms. The fourth-order valence-corrected chi connectivity index (χ4v) is 4.48. The van der Waals surface area contributed by atoms with Gasteiger partial charge in [-0.25, -0.2) is 9.37 Å². The molecule has 0 spiro atoms. The van der Waals surface area contributed by atoms with Crippen molar-refractivity contribution in [2.24, 2.45) is 16.6 Å². The summed E-state index contributed by atoms with van der Waals surface area (Å²) >= 11 is 0. The Morgan fingerprint density at radius 3 is 2.33 bits per heavy atom. The Morgan fingerprint density at radius 1 is 0.977 bits per heavy atom. The maximum absolute atomic E-state index is 14.4. The van der Waals surface area contributed by atoms with Gasteiger partial charge in [0.1, 0.15) is 0 Å². The van der Waals surface area contributed by atoms with Crippen molar-refractivity contribution in [3.8, 4) is 0 Å². The Kier molecular flexibility index (Phi) is 11.6. The smallest absolute Gasteiger partial charge is 0.229 e. The number of rotatable bonds is 16. The molecule has 0 fully saturated rings. The van der Waals surface area contributed by atoms with Crippen molar-refractivity contribution < 1.29 is 14.2 Å². The Hall–Kier alpha value is -3.57. The zero-order chi connectivity index (χ0) is 31.7. The van der Waals surface area contributed by atoms with Crippen molar-refractivity contribution >= 4 is 28.8 Å². The van der Waals surface area contributed by atoms with Crippen LogP contribution in [0, 0.1) is 23.6 Å². The monoisotopic (exact) mass is 593 g/mol. The van der Waals surface area contributed by atoms with Gasteiger partial charge in [-0.05, 0) is 69.4 Å². The zero-order valence-electron chi connectivity index (χ0n) is 26.5. The van der Waals surface area contributed by atoms with Crippen LogP contribution in [0.4, 0.5) is 33.2 Å². The van der Waals surface area contributed by atoms with Crippen LogP contribution in [-0.2, 0) is 4.74 Å². The fraction of sp³-hybridized carbons (Fsp3) is 0.455. The number of aliphatic hydroxyl groups is 1. The second-order valence-electron chi connectivity index (χ2n) is 13.0. The number of hydrogen-bond donors (Lipinski definition) is 5. The molecule has 0 aliphatic rings. The van der Waals surface area contributed by atoms with E-state index in [9.17, 15) is 9.50 Å². The highest BCUT2D eigenvalue weighted by Crippen LogP contribution is 2.24. The number of hydrogen-bond acceptors (Lipinski definition) is 9. The minimum absolute atomic E-state index is 0.0313. The lowest BCUT2D eigenvalue weighted by Crippen LogP contribution is -2.37. The molecule has 2 aromatic carbocycles. The summed E-state index contributed by atoms with van der Waals surface area (Å²) in [5.41, 5.74) is 7.60. The summed E-state index contributed by atoms with van der Waals surface area (Å²) in [5.74, 6) is -0.249. The summed E-state index contributed by atoms with van der Waals surface area (Å²) in [4.78, 5) is 10.6. The number of nitrogens with zero attached hydrogens (tertiary/aromatic N) is 3. The SMILES string of the molecule is Cc1cccc(Nc2nc(Nc3cccc(NC(C)(O)/C=C/CN(C)CC(C)(C)COCC(C)(C)CN)c3)ncc2F)c1. The second kappa shape index (κ2) is 14.7. The molecule has 0 amide bonds. The van der Waals surface area contributed by atoms with Crippen LogP contribution in [0.15, 0.2) is 66.9 Å². The predicted octanol–water partition coefficient (Wildman–Crippen LogP) is 6.05. The number of halogens is 1. The van der Waals surface area contributed by atoms with Gasteiger partial charge in [0.05, 0.1) is 19.4 Å². The van der Waals surface area contributed by atoms with E-state index in [0.29, 0.717) is 37.7 Å². The van der Waals surface area contributed by atoms with E-state index >= 15 is 0 Å². The molecule has 0 aliphatic heterocycles. The van der Waals surface area contributed by atoms with E-state index in [1.165, 1.54) is 0 Å². The predicted molar refractivity (Wildman–Crippen MR) is 174 cm³/mol. The van der Waals surface area contributed by atoms with Gasteiger partial charge in [-0.1, -0.05) is 52.0 Å². The first-order chi connectivity index (χ1) is 20.2. The van der Waals surface area contributed by atoms with Crippen molar-refractivity contribution in [1.29, 1.82) is 0 Å². The van der Waals surface area contributed by atoms with Crippen LogP contribution < -0.4 is 21.7 Å². The summed E-state index contributed by atoms with van der Waals surface area (Å²) in [5, 5.41) is 20.2. The van der Waals surface area contributed by atoms with E-state index < -0.39 is 11.5 Å². The number of nitrogens with two attached hydrogens (primary N) is 1. The molecular weight excluding hydrogens is 545 g/mol. The summed E-state index contributed by atoms with van der Waals surface area (Å²) < 4.78 is 20.4. The minimum Gasteiger partial charge on any atom is -0.380 e. The third-order valence-electron chi connectivity index (χ3n) is 6.64. The molecule has 3 aromatic rings. The summed E-state index contributed by atoms with van der Waals surface area (Å²) in [6.45, 7) is 15.6. The molecule has 1 heterocycles. The lowest BCUT2D eigenvalue weighted by Gasteiger charge is -2.31. The Labute approximate surface area is 255 Å². The number of aryl methyl sites for hydroxylation is 1. The van der Waals surface area contributed by atoms with Gasteiger partial charge in [0.2, 0.25) is 5.95 Å². The van der Waals surface area contributed by atoms with Crippen molar-refractivity contribution in [2.75, 3.05) is 55.8 Å². The Balaban J connectivity index is 1.55. The molecule has 0 saturated carbocycles. The first-order valence-electron chi connectivity index (χ1n) is 14.5. The van der Waals surface area contributed by atoms with E-state index in [4.69, 9.17) is 10.5 Å². The largest absolute Gasteiger partial charge is 0.380 e. The van der Waals surface area contributed by atoms with Crippen molar-refractivity contribution in [2.45, 2.75) is 47.3 Å². The van der Waals surface area contributed by atoms with Crippen molar-refractivity contribution in [1.82, 2.24) is 14.9 Å². The molecule has 3 rings (SSSR count). The van der Waals surface area contributed by atoms with Gasteiger partial charge in [0.25, 0.3) is 0 Å². The molecule has 9 nitrogen and oxygen atoms in total. The highest BCUT2D eigenvalue weighted by molar-refractivity contribution is 5.64. The summed E-state index contributed by atoms with van der Waals surface area (Å²) in [6.07, 6.45) is 4.81. The molecule has 0 aliphatic carbocycles. The summed E-state index contributed by atoms with van der Waals surface area (Å²) in [7, 11) is 2.05. The van der Waals surface area contributed by atoms with Gasteiger partial charge in [0.15, 0.2) is 17.4 Å². The highest BCUT2D eigenvalue weighted by Gasteiger charge is 2.23. The minimum atomic E-state index is -1.29. The van der Waals surface area contributed by atoms with Gasteiger partial charge < -0.3 is 36.4 Å². The third-order valence-corrected chi connectivity index (χ3v) is 6.64. The van der Waals surface area contributed by atoms with E-state index in [-0.39, 0.29) is 22.6 Å². The first kappa shape index (κ1) is 33.9. The molecule has 0 radical (unpaired) electrons. The van der Waals surface area contributed by atoms with E-state index in [2.05, 4.69) is 58.5 Å². The number of anilines is 5. The molecular formula is C33H48FN7O2. The normalized spacial score (nSPS) is 13.7. The topological polar surface area (TPSA) is 121 Å². The van der Waals surface area contributed by atoms with Crippen LogP contribution >= 0.6 is 0 Å². The molecule has 1 atom stereocenters. The van der Waals surface area contributed by atoms with Gasteiger partial charge in [-0.15, -0.1) is 0 Å². The van der Waals surface area contributed by atoms with Gasteiger partial charge in [-0.2, -0.15) is 4.98 Å². The Morgan fingerprint density at radius 2 is 1.63 bits per heavy atom. The van der Waals surface area contributed by atoms with Gasteiger partial charge in [-0.3, -0.25) is 0 Å². The van der Waals surface area contributed by atoms with Crippen LogP contribution in [-0.4, -0.2) is 65.6 Å². The van der Waals surface area contributed by atoms with Crippen LogP contribution in [0.2, 0.25) is 0 Å². The average molecular weight is 594 g/mol. The molecule has 0 bridgehead atoms. The quantitative estimate of drug-likeness (QED) is 0.0999. The molecule has 6 N–H and O–H groups in total. The number of aromatic nitrogens is 2. The molecule has 1 unspecified atom stereocenters. The van der Waals surface area contributed by atoms with Crippen LogP contribution in [0.1, 0.15) is 40.2 Å². The number of nitrogens with one attached hydrogen (secondary N) is 3. The standard InChI is InChI=1S/C33H48FN7O2/c1-24-11-8-12-25(17-24)37-29-28(34)19-36-30(39-29)38-26-13-9-14-27(18-26)40-33(6,42)15-10-16-41(7)21-32(4,5)23-43-22-31(2,3)20-35/h8-15,17-19,40,42H,16,20-23,35H2,1-7H3,(H2,36,37,38,39)/b15-10+. The lowest BCUT2D eigenvalue weighted by atomic mass is 9.93. The van der Waals surface area contributed by atoms with Crippen molar-refractivity contribution in [3.63, 3.8) is 0 Å². The van der Waals surface area contributed by atoms with Crippen molar-refractivity contribution in [3.05, 3.63) is 78.3 Å². The fourth-order valence-electron chi connectivity index (χ4n) is 4.48. The summed E-state index contributed by atoms with van der Waals surface area (Å²) in [6, 6.07) is 15.0. The van der Waals surface area contributed by atoms with E-state index in [0.717, 1.165) is 24.0 Å². The van der Waals surface area contributed by atoms with E-state index in [1.807, 2.05) is 68.6 Å². The number of likely N-dealkylation sites (N-methyl/N-ethyl adjacent to an activating group) is 1. The second-order valence-corrected chi connectivity index (χ2v) is 13.0. The molecule has 0 saturated heterocycles. The van der Waals surface area contributed by atoms with E-state index in [1.54, 1.807) is 13.0 Å². The number of benzene rings is 2. The van der Waals surface area contributed by atoms with Crippen LogP contribution in [0.3, 0.4) is 0 Å². The van der Waals surface area contributed by atoms with Gasteiger partial charge in [0, 0.05) is 41.0 Å². The van der Waals surface area contributed by atoms with Crippen LogP contribution in [0.25, 0.3) is 0 Å². The zero-order valence-corrected chi connectivity index (χ0v) is 26.5.